The second-order valence-corrected chi connectivity index (χ2v) is 4.34. The van der Waals surface area contributed by atoms with E-state index >= 15 is 0 Å². The number of aromatic nitrogens is 1. The number of carboxylic acids is 1. The van der Waals surface area contributed by atoms with Gasteiger partial charge in [-0.05, 0) is 37.6 Å². The van der Waals surface area contributed by atoms with E-state index in [9.17, 15) is 4.79 Å². The van der Waals surface area contributed by atoms with Gasteiger partial charge in [-0.15, -0.1) is 12.4 Å². The number of hydrogen-bond donors (Lipinski definition) is 1. The summed E-state index contributed by atoms with van der Waals surface area (Å²) in [5.41, 5.74) is 0.803. The Bertz CT molecular complexity index is 552. The highest BCUT2D eigenvalue weighted by Crippen LogP contribution is 2.26. The Balaban J connectivity index is 0.00000144. The van der Waals surface area contributed by atoms with Gasteiger partial charge in [-0.2, -0.15) is 0 Å². The van der Waals surface area contributed by atoms with Crippen molar-refractivity contribution in [3.05, 3.63) is 42.1 Å². The molecule has 0 radical (unpaired) electrons. The van der Waals surface area contributed by atoms with Crippen LogP contribution < -0.4 is 0 Å². The number of rotatable bonds is 2. The fourth-order valence-electron chi connectivity index (χ4n) is 1.59. The molecule has 90 valence electrons. The van der Waals surface area contributed by atoms with Gasteiger partial charge < -0.3 is 5.11 Å². The summed E-state index contributed by atoms with van der Waals surface area (Å²) in [7, 11) is 0. The van der Waals surface area contributed by atoms with E-state index in [1.54, 1.807) is 20.0 Å². The summed E-state index contributed by atoms with van der Waals surface area (Å²) in [6.07, 6.45) is 1.73. The fraction of sp³-hybridized carbons (Fsp3) is 0.231. The largest absolute Gasteiger partial charge is 0.481 e. The van der Waals surface area contributed by atoms with E-state index in [4.69, 9.17) is 5.11 Å². The fourth-order valence-corrected chi connectivity index (χ4v) is 1.59. The maximum atomic E-state index is 11.1. The summed E-state index contributed by atoms with van der Waals surface area (Å²) >= 11 is 0. The van der Waals surface area contributed by atoms with Gasteiger partial charge in [0.25, 0.3) is 0 Å². The molecule has 0 spiro atoms. The predicted molar refractivity (Wildman–Crippen MR) is 69.7 cm³/mol. The van der Waals surface area contributed by atoms with Gasteiger partial charge in [0.2, 0.25) is 0 Å². The summed E-state index contributed by atoms with van der Waals surface area (Å²) in [5.74, 6) is -0.823. The quantitative estimate of drug-likeness (QED) is 0.893. The molecule has 0 bridgehead atoms. The number of fused-ring (bicyclic) bond motifs is 1. The highest BCUT2D eigenvalue weighted by Gasteiger charge is 2.29. The van der Waals surface area contributed by atoms with E-state index < -0.39 is 11.4 Å². The van der Waals surface area contributed by atoms with Crippen molar-refractivity contribution in [1.29, 1.82) is 0 Å². The number of carbonyl (C=O) groups is 1. The summed E-state index contributed by atoms with van der Waals surface area (Å²) in [5, 5.41) is 10.1. The molecular formula is C13H14ClNO2. The Morgan fingerprint density at radius 1 is 1.29 bits per heavy atom. The van der Waals surface area contributed by atoms with Crippen LogP contribution in [0.2, 0.25) is 0 Å². The minimum Gasteiger partial charge on any atom is -0.481 e. The molecule has 0 saturated carbocycles. The second-order valence-electron chi connectivity index (χ2n) is 4.34. The molecular weight excluding hydrogens is 238 g/mol. The highest BCUT2D eigenvalue weighted by molar-refractivity contribution is 5.85. The molecule has 0 saturated heterocycles. The molecule has 1 N–H and O–H groups in total. The van der Waals surface area contributed by atoms with Crippen LogP contribution in [0.5, 0.6) is 0 Å². The van der Waals surface area contributed by atoms with E-state index in [0.29, 0.717) is 0 Å². The zero-order chi connectivity index (χ0) is 11.8. The van der Waals surface area contributed by atoms with E-state index in [-0.39, 0.29) is 12.4 Å². The number of benzene rings is 1. The molecule has 0 fully saturated rings. The third-order valence-corrected chi connectivity index (χ3v) is 2.86. The van der Waals surface area contributed by atoms with Gasteiger partial charge in [-0.3, -0.25) is 9.78 Å². The number of carboxylic acid groups (broad SMARTS) is 1. The van der Waals surface area contributed by atoms with Crippen LogP contribution in [0.25, 0.3) is 10.9 Å². The van der Waals surface area contributed by atoms with Crippen molar-refractivity contribution in [2.75, 3.05) is 0 Å². The number of halogens is 1. The van der Waals surface area contributed by atoms with Crippen LogP contribution in [0.4, 0.5) is 0 Å². The van der Waals surface area contributed by atoms with Crippen LogP contribution in [0.3, 0.4) is 0 Å². The molecule has 1 aromatic carbocycles. The van der Waals surface area contributed by atoms with Crippen molar-refractivity contribution < 1.29 is 9.90 Å². The summed E-state index contributed by atoms with van der Waals surface area (Å²) < 4.78 is 0. The summed E-state index contributed by atoms with van der Waals surface area (Å²) in [6, 6.07) is 9.35. The monoisotopic (exact) mass is 251 g/mol. The maximum Gasteiger partial charge on any atom is 0.313 e. The molecule has 17 heavy (non-hydrogen) atoms. The van der Waals surface area contributed by atoms with Crippen molar-refractivity contribution >= 4 is 29.3 Å². The van der Waals surface area contributed by atoms with Crippen LogP contribution in [0.15, 0.2) is 36.5 Å². The summed E-state index contributed by atoms with van der Waals surface area (Å²) in [4.78, 5) is 15.3. The number of hydrogen-bond acceptors (Lipinski definition) is 2. The van der Waals surface area contributed by atoms with E-state index in [1.807, 2.05) is 30.3 Å². The summed E-state index contributed by atoms with van der Waals surface area (Å²) in [6.45, 7) is 3.40. The Hall–Kier alpha value is -1.61. The standard InChI is InChI=1S/C13H13NO2.ClH/c1-13(2,12(15)16)10-5-6-11-9(8-10)4-3-7-14-11;/h3-8H,1-2H3,(H,15,16);1H. The first kappa shape index (κ1) is 13.5. The molecule has 0 aliphatic heterocycles. The van der Waals surface area contributed by atoms with Crippen LogP contribution in [-0.4, -0.2) is 16.1 Å². The minimum absolute atomic E-state index is 0. The van der Waals surface area contributed by atoms with Crippen LogP contribution >= 0.6 is 12.4 Å². The number of aliphatic carboxylic acids is 1. The zero-order valence-corrected chi connectivity index (χ0v) is 10.5. The molecule has 0 amide bonds. The van der Waals surface area contributed by atoms with Gasteiger partial charge in [-0.25, -0.2) is 0 Å². The third-order valence-electron chi connectivity index (χ3n) is 2.86. The third kappa shape index (κ3) is 2.39. The molecule has 0 aliphatic carbocycles. The van der Waals surface area contributed by atoms with Gasteiger partial charge in [-0.1, -0.05) is 12.1 Å². The Kier molecular flexibility index (Phi) is 3.73. The van der Waals surface area contributed by atoms with Gasteiger partial charge in [0.15, 0.2) is 0 Å². The molecule has 0 unspecified atom stereocenters. The van der Waals surface area contributed by atoms with Crippen molar-refractivity contribution in [2.45, 2.75) is 19.3 Å². The Morgan fingerprint density at radius 2 is 2.00 bits per heavy atom. The number of pyridine rings is 1. The van der Waals surface area contributed by atoms with E-state index in [1.165, 1.54) is 0 Å². The van der Waals surface area contributed by atoms with Crippen molar-refractivity contribution in [3.8, 4) is 0 Å². The lowest BCUT2D eigenvalue weighted by atomic mass is 9.84. The SMILES string of the molecule is CC(C)(C(=O)O)c1ccc2ncccc2c1.Cl. The van der Waals surface area contributed by atoms with E-state index in [0.717, 1.165) is 16.5 Å². The van der Waals surface area contributed by atoms with Gasteiger partial charge >= 0.3 is 5.97 Å². The van der Waals surface area contributed by atoms with Crippen LogP contribution in [-0.2, 0) is 10.2 Å². The first-order chi connectivity index (χ1) is 7.51. The lowest BCUT2D eigenvalue weighted by molar-refractivity contribution is -0.142. The average Bonchev–Trinajstić information content (AvgIpc) is 2.28. The Labute approximate surface area is 106 Å². The van der Waals surface area contributed by atoms with Crippen LogP contribution in [0, 0.1) is 0 Å². The maximum absolute atomic E-state index is 11.1. The molecule has 0 atom stereocenters. The normalized spacial score (nSPS) is 10.9. The molecule has 4 heteroatoms. The van der Waals surface area contributed by atoms with Crippen molar-refractivity contribution in [3.63, 3.8) is 0 Å². The van der Waals surface area contributed by atoms with Crippen molar-refractivity contribution in [1.82, 2.24) is 4.98 Å². The lowest BCUT2D eigenvalue weighted by Crippen LogP contribution is -2.28. The molecule has 1 heterocycles. The van der Waals surface area contributed by atoms with Gasteiger partial charge in [0, 0.05) is 11.6 Å². The Morgan fingerprint density at radius 3 is 2.65 bits per heavy atom. The lowest BCUT2D eigenvalue weighted by Gasteiger charge is -2.19. The van der Waals surface area contributed by atoms with Gasteiger partial charge in [0.1, 0.15) is 0 Å². The van der Waals surface area contributed by atoms with E-state index in [2.05, 4.69) is 4.98 Å². The molecule has 1 aromatic heterocycles. The average molecular weight is 252 g/mol. The predicted octanol–water partition coefficient (Wildman–Crippen LogP) is 3.02. The van der Waals surface area contributed by atoms with Gasteiger partial charge in [0.05, 0.1) is 10.9 Å². The van der Waals surface area contributed by atoms with Crippen LogP contribution in [0.1, 0.15) is 19.4 Å². The highest BCUT2D eigenvalue weighted by atomic mass is 35.5. The first-order valence-corrected chi connectivity index (χ1v) is 5.10. The zero-order valence-electron chi connectivity index (χ0n) is 9.68. The second kappa shape index (κ2) is 4.72. The van der Waals surface area contributed by atoms with Crippen molar-refractivity contribution in [2.24, 2.45) is 0 Å². The smallest absolute Gasteiger partial charge is 0.313 e. The topological polar surface area (TPSA) is 50.2 Å². The molecule has 3 nitrogen and oxygen atoms in total. The molecule has 2 aromatic rings. The molecule has 2 rings (SSSR count). The molecule has 0 aliphatic rings. The minimum atomic E-state index is -0.871. The number of nitrogens with zero attached hydrogens (tertiary/aromatic N) is 1. The first-order valence-electron chi connectivity index (χ1n) is 5.10.